The zero-order chi connectivity index (χ0) is 38.8. The monoisotopic (exact) mass is 764 g/mol. The van der Waals surface area contributed by atoms with E-state index in [0.29, 0.717) is 31.8 Å². The van der Waals surface area contributed by atoms with E-state index in [0.717, 1.165) is 27.2 Å². The first-order valence-corrected chi connectivity index (χ1v) is 18.7. The first-order valence-electron chi connectivity index (χ1n) is 17.8. The molecule has 3 heterocycles. The lowest BCUT2D eigenvalue weighted by atomic mass is 9.85. The van der Waals surface area contributed by atoms with Crippen molar-refractivity contribution in [3.05, 3.63) is 81.6 Å². The highest BCUT2D eigenvalue weighted by Gasteiger charge is 2.44. The Morgan fingerprint density at radius 3 is 2.41 bits per heavy atom. The molecule has 0 spiro atoms. The van der Waals surface area contributed by atoms with Gasteiger partial charge in [-0.05, 0) is 35.6 Å². The minimum absolute atomic E-state index is 0.0200. The molecule has 0 bridgehead atoms. The van der Waals surface area contributed by atoms with Crippen LogP contribution in [0.25, 0.3) is 21.3 Å². The Bertz CT molecular complexity index is 1900. The van der Waals surface area contributed by atoms with Crippen LogP contribution in [0.15, 0.2) is 60.2 Å². The van der Waals surface area contributed by atoms with E-state index in [1.54, 1.807) is 35.2 Å². The highest BCUT2D eigenvalue weighted by molar-refractivity contribution is 7.13. The van der Waals surface area contributed by atoms with Gasteiger partial charge in [0.25, 0.3) is 5.69 Å². The molecule has 3 atom stereocenters. The fourth-order valence-corrected chi connectivity index (χ4v) is 7.12. The molecule has 0 aliphatic carbocycles. The molecule has 2 aromatic carbocycles. The molecular weight excluding hydrogens is 717 g/mol. The number of amides is 3. The maximum Gasteiger partial charge on any atom is 0.278 e. The quantitative estimate of drug-likeness (QED) is 0.0764. The Balaban J connectivity index is 1.00. The number of aromatic nitrogens is 2. The summed E-state index contributed by atoms with van der Waals surface area (Å²) in [6.07, 6.45) is 1.02. The molecule has 4 aromatic rings. The number of hydrogen-bond acceptors (Lipinski definition) is 11. The van der Waals surface area contributed by atoms with E-state index < -0.39 is 40.3 Å². The zero-order valence-electron chi connectivity index (χ0n) is 31.0. The number of aliphatic hydroxyl groups is 1. The molecule has 15 nitrogen and oxygen atoms in total. The summed E-state index contributed by atoms with van der Waals surface area (Å²) in [7, 11) is 0. The van der Waals surface area contributed by atoms with E-state index in [-0.39, 0.29) is 50.9 Å². The molecule has 1 aliphatic rings. The summed E-state index contributed by atoms with van der Waals surface area (Å²) in [5, 5.41) is 28.0. The molecule has 5 rings (SSSR count). The number of likely N-dealkylation sites (tertiary alicyclic amines) is 1. The van der Waals surface area contributed by atoms with Gasteiger partial charge in [-0.15, -0.1) is 11.3 Å². The summed E-state index contributed by atoms with van der Waals surface area (Å²) in [5.74, 6) is -1.32. The predicted molar refractivity (Wildman–Crippen MR) is 203 cm³/mol. The number of non-ortho nitro benzene ring substituents is 1. The third kappa shape index (κ3) is 10.5. The van der Waals surface area contributed by atoms with Gasteiger partial charge >= 0.3 is 0 Å². The van der Waals surface area contributed by atoms with Crippen molar-refractivity contribution >= 4 is 45.6 Å². The van der Waals surface area contributed by atoms with E-state index in [1.165, 1.54) is 11.0 Å². The number of aryl methyl sites for hydroxylation is 1. The molecule has 0 saturated carbocycles. The molecule has 2 unspecified atom stereocenters. The van der Waals surface area contributed by atoms with E-state index in [1.807, 2.05) is 62.6 Å². The number of carbonyl (C=O) groups is 3. The number of ether oxygens (including phenoxy) is 3. The van der Waals surface area contributed by atoms with Crippen molar-refractivity contribution in [1.29, 1.82) is 0 Å². The Kier molecular flexibility index (Phi) is 13.9. The van der Waals surface area contributed by atoms with Crippen molar-refractivity contribution in [2.24, 2.45) is 5.41 Å². The van der Waals surface area contributed by atoms with Crippen LogP contribution in [0.5, 0.6) is 0 Å². The fraction of sp³-hybridized carbons (Fsp3) is 0.474. The van der Waals surface area contributed by atoms with Crippen LogP contribution >= 0.6 is 11.3 Å². The number of β-amino-alcohol motifs (C(OH)–C–C–N with tert-alkyl or cyclic N) is 1. The van der Waals surface area contributed by atoms with Gasteiger partial charge in [-0.3, -0.25) is 24.5 Å². The Hall–Kier alpha value is -4.74. The number of benzene rings is 2. The van der Waals surface area contributed by atoms with Gasteiger partial charge in [0.15, 0.2) is 0 Å². The van der Waals surface area contributed by atoms with E-state index in [2.05, 4.69) is 15.6 Å². The molecule has 1 saturated heterocycles. The highest BCUT2D eigenvalue weighted by atomic mass is 32.1. The molecule has 0 radical (unpaired) electrons. The second-order valence-electron chi connectivity index (χ2n) is 14.2. The fourth-order valence-electron chi connectivity index (χ4n) is 6.31. The van der Waals surface area contributed by atoms with Crippen LogP contribution in [0.1, 0.15) is 38.4 Å². The summed E-state index contributed by atoms with van der Waals surface area (Å²) in [6, 6.07) is 12.7. The van der Waals surface area contributed by atoms with Gasteiger partial charge in [-0.2, -0.15) is 0 Å². The number of nitrogens with zero attached hydrogens (tertiary/aromatic N) is 4. The molecule has 1 aliphatic heterocycles. The van der Waals surface area contributed by atoms with Crippen LogP contribution in [-0.2, 0) is 41.7 Å². The van der Waals surface area contributed by atoms with Crippen molar-refractivity contribution in [2.45, 2.75) is 65.4 Å². The third-order valence-electron chi connectivity index (χ3n) is 9.15. The smallest absolute Gasteiger partial charge is 0.278 e. The SMILES string of the molecule is Cc1ncsc1-c1ccc(CNC(=O)C2CC(O)CN2C(=O)[C@@H](NC(=O)COCCOCCOCCn2ccc3c([N+](=O)[O-])cccc32)C(C)(C)C)cc1. The molecule has 54 heavy (non-hydrogen) atoms. The molecule has 2 aromatic heterocycles. The summed E-state index contributed by atoms with van der Waals surface area (Å²) in [5.41, 5.74) is 4.84. The normalized spacial score (nSPS) is 16.4. The van der Waals surface area contributed by atoms with Crippen molar-refractivity contribution < 1.29 is 38.6 Å². The van der Waals surface area contributed by atoms with Gasteiger partial charge < -0.3 is 39.4 Å². The van der Waals surface area contributed by atoms with Crippen LogP contribution in [-0.4, -0.2) is 107 Å². The molecule has 3 N–H and O–H groups in total. The van der Waals surface area contributed by atoms with E-state index >= 15 is 0 Å². The number of hydrogen-bond donors (Lipinski definition) is 3. The lowest BCUT2D eigenvalue weighted by Crippen LogP contribution is -2.58. The summed E-state index contributed by atoms with van der Waals surface area (Å²) < 4.78 is 18.6. The number of rotatable bonds is 18. The Morgan fingerprint density at radius 2 is 1.74 bits per heavy atom. The van der Waals surface area contributed by atoms with Crippen LogP contribution < -0.4 is 10.6 Å². The summed E-state index contributed by atoms with van der Waals surface area (Å²) in [6.45, 7) is 9.28. The second kappa shape index (κ2) is 18.5. The maximum atomic E-state index is 13.8. The second-order valence-corrected chi connectivity index (χ2v) is 15.1. The maximum absolute atomic E-state index is 13.8. The van der Waals surface area contributed by atoms with Crippen LogP contribution in [0.4, 0.5) is 5.69 Å². The number of thiazole rings is 1. The van der Waals surface area contributed by atoms with Crippen molar-refractivity contribution in [3.8, 4) is 10.4 Å². The number of nitro benzene ring substituents is 1. The van der Waals surface area contributed by atoms with Gasteiger partial charge in [0.2, 0.25) is 17.7 Å². The van der Waals surface area contributed by atoms with Crippen LogP contribution in [0.3, 0.4) is 0 Å². The molecular formula is C38H48N6O9S. The largest absolute Gasteiger partial charge is 0.391 e. The Morgan fingerprint density at radius 1 is 1.04 bits per heavy atom. The third-order valence-corrected chi connectivity index (χ3v) is 10.1. The van der Waals surface area contributed by atoms with Gasteiger partial charge in [0, 0.05) is 38.3 Å². The first-order chi connectivity index (χ1) is 25.8. The Labute approximate surface area is 317 Å². The molecule has 16 heteroatoms. The standard InChI is InChI=1S/C38H48N6O9S/c1-25-34(54-24-40-25)27-10-8-26(9-11-27)21-39-36(47)32-20-28(45)22-43(32)37(48)35(38(2,3)4)41-33(46)23-53-19-18-52-17-16-51-15-14-42-13-12-29-30(42)6-5-7-31(29)44(49)50/h5-13,24,28,32,35,45H,14-23H2,1-4H3,(H,39,47)(H,41,46)/t28?,32?,35-/m1/s1. The average Bonchev–Trinajstić information content (AvgIpc) is 3.87. The molecule has 1 fully saturated rings. The number of fused-ring (bicyclic) bond motifs is 1. The zero-order valence-corrected chi connectivity index (χ0v) is 31.8. The lowest BCUT2D eigenvalue weighted by molar-refractivity contribution is -0.383. The van der Waals surface area contributed by atoms with Crippen molar-refractivity contribution in [2.75, 3.05) is 46.2 Å². The average molecular weight is 765 g/mol. The minimum Gasteiger partial charge on any atom is -0.391 e. The number of aliphatic hydroxyl groups excluding tert-OH is 1. The summed E-state index contributed by atoms with van der Waals surface area (Å²) >= 11 is 1.57. The van der Waals surface area contributed by atoms with Crippen LogP contribution in [0.2, 0.25) is 0 Å². The number of nitro groups is 1. The highest BCUT2D eigenvalue weighted by Crippen LogP contribution is 2.29. The first kappa shape index (κ1) is 40.4. The lowest BCUT2D eigenvalue weighted by Gasteiger charge is -2.35. The van der Waals surface area contributed by atoms with Crippen molar-refractivity contribution in [1.82, 2.24) is 25.1 Å². The van der Waals surface area contributed by atoms with Gasteiger partial charge in [0.1, 0.15) is 18.7 Å². The predicted octanol–water partition coefficient (Wildman–Crippen LogP) is 3.84. The molecule has 3 amide bonds. The number of nitrogens with one attached hydrogen (secondary N) is 2. The van der Waals surface area contributed by atoms with Gasteiger partial charge in [-0.1, -0.05) is 51.1 Å². The van der Waals surface area contributed by atoms with E-state index in [9.17, 15) is 29.6 Å². The minimum atomic E-state index is -0.968. The molecule has 290 valence electrons. The van der Waals surface area contributed by atoms with E-state index in [4.69, 9.17) is 14.2 Å². The van der Waals surface area contributed by atoms with Gasteiger partial charge in [-0.25, -0.2) is 4.98 Å². The summed E-state index contributed by atoms with van der Waals surface area (Å²) in [4.78, 5) is 57.6. The van der Waals surface area contributed by atoms with Crippen LogP contribution in [0, 0.1) is 22.5 Å². The van der Waals surface area contributed by atoms with Crippen molar-refractivity contribution in [3.63, 3.8) is 0 Å². The van der Waals surface area contributed by atoms with Gasteiger partial charge in [0.05, 0.1) is 71.0 Å². The number of carbonyl (C=O) groups excluding carboxylic acids is 3. The topological polar surface area (TPSA) is 187 Å².